The van der Waals surface area contributed by atoms with Crippen LogP contribution in [0.15, 0.2) is 29.3 Å². The number of rotatable bonds is 4. The molecule has 2 aliphatic heterocycles. The third-order valence-electron chi connectivity index (χ3n) is 5.48. The molecule has 0 radical (unpaired) electrons. The molecule has 0 saturated carbocycles. The van der Waals surface area contributed by atoms with Crippen molar-refractivity contribution in [2.24, 2.45) is 16.6 Å². The molecule has 0 spiro atoms. The van der Waals surface area contributed by atoms with E-state index in [9.17, 15) is 0 Å². The van der Waals surface area contributed by atoms with E-state index < -0.39 is 0 Å². The summed E-state index contributed by atoms with van der Waals surface area (Å²) in [5.41, 5.74) is 8.96. The average Bonchev–Trinajstić information content (AvgIpc) is 2.62. The van der Waals surface area contributed by atoms with Gasteiger partial charge in [-0.05, 0) is 55.8 Å². The summed E-state index contributed by atoms with van der Waals surface area (Å²) in [5.74, 6) is 1.54. The summed E-state index contributed by atoms with van der Waals surface area (Å²) >= 11 is 0. The third kappa shape index (κ3) is 4.73. The lowest BCUT2D eigenvalue weighted by Gasteiger charge is -2.31. The van der Waals surface area contributed by atoms with Crippen LogP contribution in [0.2, 0.25) is 0 Å². The van der Waals surface area contributed by atoms with Crippen LogP contribution in [0, 0.1) is 5.92 Å². The van der Waals surface area contributed by atoms with Gasteiger partial charge >= 0.3 is 0 Å². The Bertz CT molecular complexity index is 540. The maximum absolute atomic E-state index is 6.24. The van der Waals surface area contributed by atoms with E-state index in [4.69, 9.17) is 10.7 Å². The van der Waals surface area contributed by atoms with E-state index in [1.54, 1.807) is 0 Å². The molecule has 1 aromatic rings. The highest BCUT2D eigenvalue weighted by molar-refractivity contribution is 5.78. The van der Waals surface area contributed by atoms with Gasteiger partial charge in [-0.3, -0.25) is 4.90 Å². The summed E-state index contributed by atoms with van der Waals surface area (Å²) in [5, 5.41) is 0. The topological polar surface area (TPSA) is 44.9 Å². The standard InChI is InChI=1S/C20H32N4/c1-17-9-13-24(14-10-17)20(21)22-15-18-7-3-4-8-19(18)16-23-11-5-2-6-12-23/h3-4,7-8,17H,2,5-6,9-16H2,1H3,(H2,21,22). The summed E-state index contributed by atoms with van der Waals surface area (Å²) in [6, 6.07) is 8.71. The first-order valence-corrected chi connectivity index (χ1v) is 9.56. The van der Waals surface area contributed by atoms with Crippen LogP contribution in [0.1, 0.15) is 50.2 Å². The van der Waals surface area contributed by atoms with Gasteiger partial charge in [0.1, 0.15) is 0 Å². The lowest BCUT2D eigenvalue weighted by molar-refractivity contribution is 0.220. The molecule has 0 aliphatic carbocycles. The molecule has 0 aromatic heterocycles. The number of hydrogen-bond donors (Lipinski definition) is 1. The summed E-state index contributed by atoms with van der Waals surface area (Å²) in [6.45, 7) is 8.62. The Labute approximate surface area is 146 Å². The normalized spacial score (nSPS) is 21.2. The Morgan fingerprint density at radius 2 is 1.71 bits per heavy atom. The van der Waals surface area contributed by atoms with Crippen molar-refractivity contribution in [3.8, 4) is 0 Å². The quantitative estimate of drug-likeness (QED) is 0.682. The minimum atomic E-state index is 0.696. The van der Waals surface area contributed by atoms with Gasteiger partial charge in [0.25, 0.3) is 0 Å². The zero-order chi connectivity index (χ0) is 16.8. The van der Waals surface area contributed by atoms with E-state index in [1.165, 1.54) is 56.3 Å². The minimum Gasteiger partial charge on any atom is -0.370 e. The Morgan fingerprint density at radius 1 is 1.04 bits per heavy atom. The Morgan fingerprint density at radius 3 is 2.42 bits per heavy atom. The summed E-state index contributed by atoms with van der Waals surface area (Å²) in [6.07, 6.45) is 6.50. The first-order valence-electron chi connectivity index (χ1n) is 9.56. The highest BCUT2D eigenvalue weighted by atomic mass is 15.3. The number of guanidine groups is 1. The van der Waals surface area contributed by atoms with Crippen LogP contribution in [0.5, 0.6) is 0 Å². The lowest BCUT2D eigenvalue weighted by Crippen LogP contribution is -2.42. The molecule has 2 saturated heterocycles. The summed E-state index contributed by atoms with van der Waals surface area (Å²) in [7, 11) is 0. The van der Waals surface area contributed by atoms with Crippen molar-refractivity contribution in [2.75, 3.05) is 26.2 Å². The Balaban J connectivity index is 1.61. The number of nitrogens with two attached hydrogens (primary N) is 1. The molecule has 0 amide bonds. The third-order valence-corrected chi connectivity index (χ3v) is 5.48. The molecule has 4 heteroatoms. The molecule has 2 aliphatic rings. The molecule has 1 aromatic carbocycles. The summed E-state index contributed by atoms with van der Waals surface area (Å²) in [4.78, 5) is 9.51. The first kappa shape index (κ1) is 17.3. The van der Waals surface area contributed by atoms with Crippen molar-refractivity contribution in [3.63, 3.8) is 0 Å². The molecule has 4 nitrogen and oxygen atoms in total. The number of likely N-dealkylation sites (tertiary alicyclic amines) is 2. The molecule has 2 N–H and O–H groups in total. The monoisotopic (exact) mass is 328 g/mol. The molecule has 2 fully saturated rings. The van der Waals surface area contributed by atoms with Gasteiger partial charge in [-0.15, -0.1) is 0 Å². The molecule has 2 heterocycles. The highest BCUT2D eigenvalue weighted by Crippen LogP contribution is 2.18. The van der Waals surface area contributed by atoms with Crippen molar-refractivity contribution < 1.29 is 0 Å². The number of nitrogens with zero attached hydrogens (tertiary/aromatic N) is 3. The second kappa shape index (κ2) is 8.52. The number of hydrogen-bond acceptors (Lipinski definition) is 2. The van der Waals surface area contributed by atoms with Gasteiger partial charge in [-0.2, -0.15) is 0 Å². The van der Waals surface area contributed by atoms with Gasteiger partial charge in [0, 0.05) is 19.6 Å². The molecule has 3 rings (SSSR count). The summed E-state index contributed by atoms with van der Waals surface area (Å²) < 4.78 is 0. The van der Waals surface area contributed by atoms with Crippen molar-refractivity contribution in [2.45, 2.75) is 52.1 Å². The maximum Gasteiger partial charge on any atom is 0.191 e. The van der Waals surface area contributed by atoms with Crippen LogP contribution in [-0.2, 0) is 13.1 Å². The highest BCUT2D eigenvalue weighted by Gasteiger charge is 2.17. The van der Waals surface area contributed by atoms with Gasteiger partial charge in [0.15, 0.2) is 5.96 Å². The lowest BCUT2D eigenvalue weighted by atomic mass is 10.00. The van der Waals surface area contributed by atoms with Crippen molar-refractivity contribution in [1.29, 1.82) is 0 Å². The smallest absolute Gasteiger partial charge is 0.191 e. The van der Waals surface area contributed by atoms with Crippen LogP contribution in [0.3, 0.4) is 0 Å². The molecular formula is C20H32N4. The predicted molar refractivity (Wildman–Crippen MR) is 101 cm³/mol. The van der Waals surface area contributed by atoms with Gasteiger partial charge < -0.3 is 10.6 Å². The number of benzene rings is 1. The molecule has 0 bridgehead atoms. The Hall–Kier alpha value is -1.55. The number of aliphatic imine (C=N–C) groups is 1. The predicted octanol–water partition coefficient (Wildman–Crippen LogP) is 3.22. The van der Waals surface area contributed by atoms with Gasteiger partial charge in [-0.25, -0.2) is 4.99 Å². The van der Waals surface area contributed by atoms with Crippen molar-refractivity contribution in [1.82, 2.24) is 9.80 Å². The minimum absolute atomic E-state index is 0.696. The maximum atomic E-state index is 6.24. The fraction of sp³-hybridized carbons (Fsp3) is 0.650. The van der Waals surface area contributed by atoms with Crippen LogP contribution in [0.4, 0.5) is 0 Å². The van der Waals surface area contributed by atoms with E-state index in [1.807, 2.05) is 0 Å². The largest absolute Gasteiger partial charge is 0.370 e. The fourth-order valence-electron chi connectivity index (χ4n) is 3.73. The van der Waals surface area contributed by atoms with E-state index in [2.05, 4.69) is 41.0 Å². The first-order chi connectivity index (χ1) is 11.7. The van der Waals surface area contributed by atoms with E-state index in [-0.39, 0.29) is 0 Å². The SMILES string of the molecule is CC1CCN(C(N)=NCc2ccccc2CN2CCCCC2)CC1. The van der Waals surface area contributed by atoms with E-state index in [0.717, 1.165) is 31.5 Å². The van der Waals surface area contributed by atoms with Gasteiger partial charge in [-0.1, -0.05) is 37.6 Å². The zero-order valence-electron chi connectivity index (χ0n) is 15.1. The molecule has 0 unspecified atom stereocenters. The number of piperidine rings is 2. The van der Waals surface area contributed by atoms with Crippen LogP contribution < -0.4 is 5.73 Å². The van der Waals surface area contributed by atoms with Crippen LogP contribution >= 0.6 is 0 Å². The molecule has 24 heavy (non-hydrogen) atoms. The average molecular weight is 329 g/mol. The van der Waals surface area contributed by atoms with Crippen LogP contribution in [-0.4, -0.2) is 41.9 Å². The second-order valence-electron chi connectivity index (χ2n) is 7.45. The molecular weight excluding hydrogens is 296 g/mol. The second-order valence-corrected chi connectivity index (χ2v) is 7.45. The van der Waals surface area contributed by atoms with Crippen LogP contribution in [0.25, 0.3) is 0 Å². The molecule has 0 atom stereocenters. The van der Waals surface area contributed by atoms with Gasteiger partial charge in [0.2, 0.25) is 0 Å². The van der Waals surface area contributed by atoms with Gasteiger partial charge in [0.05, 0.1) is 6.54 Å². The zero-order valence-corrected chi connectivity index (χ0v) is 15.1. The van der Waals surface area contributed by atoms with E-state index >= 15 is 0 Å². The van der Waals surface area contributed by atoms with Crippen molar-refractivity contribution >= 4 is 5.96 Å². The van der Waals surface area contributed by atoms with E-state index in [0.29, 0.717) is 6.54 Å². The Kier molecular flexibility index (Phi) is 6.13. The van der Waals surface area contributed by atoms with Crippen molar-refractivity contribution in [3.05, 3.63) is 35.4 Å². The molecule has 132 valence electrons. The fourth-order valence-corrected chi connectivity index (χ4v) is 3.73.